The molecular formula is C16H18N2O3. The minimum absolute atomic E-state index is 0.315. The van der Waals surface area contributed by atoms with E-state index in [-0.39, 0.29) is 0 Å². The highest BCUT2D eigenvalue weighted by Gasteiger charge is 2.14. The summed E-state index contributed by atoms with van der Waals surface area (Å²) in [5.74, 6) is 0.355. The van der Waals surface area contributed by atoms with Gasteiger partial charge in [-0.3, -0.25) is 0 Å². The monoisotopic (exact) mass is 286 g/mol. The van der Waals surface area contributed by atoms with Crippen LogP contribution in [0.2, 0.25) is 0 Å². The van der Waals surface area contributed by atoms with E-state index in [1.807, 2.05) is 24.3 Å². The van der Waals surface area contributed by atoms with E-state index in [2.05, 4.69) is 5.32 Å². The second-order valence-corrected chi connectivity index (χ2v) is 4.34. The summed E-state index contributed by atoms with van der Waals surface area (Å²) in [6.45, 7) is 2.08. The molecule has 0 bridgehead atoms. The van der Waals surface area contributed by atoms with Gasteiger partial charge in [0.15, 0.2) is 0 Å². The number of para-hydroxylation sites is 1. The first kappa shape index (κ1) is 14.7. The zero-order valence-corrected chi connectivity index (χ0v) is 12.1. The number of benzene rings is 2. The molecule has 0 aliphatic heterocycles. The summed E-state index contributed by atoms with van der Waals surface area (Å²) >= 11 is 0. The molecule has 2 aromatic carbocycles. The van der Waals surface area contributed by atoms with E-state index in [1.54, 1.807) is 32.2 Å². The van der Waals surface area contributed by atoms with Crippen molar-refractivity contribution in [2.45, 2.75) is 6.92 Å². The van der Waals surface area contributed by atoms with Crippen LogP contribution in [-0.2, 0) is 4.74 Å². The maximum Gasteiger partial charge on any atom is 0.340 e. The average Bonchev–Trinajstić information content (AvgIpc) is 2.50. The predicted molar refractivity (Wildman–Crippen MR) is 83.1 cm³/mol. The molecule has 0 atom stereocenters. The van der Waals surface area contributed by atoms with Gasteiger partial charge < -0.3 is 20.5 Å². The molecule has 0 amide bonds. The first-order chi connectivity index (χ1) is 10.2. The SMILES string of the molecule is CCOC(=O)c1cccc(N)c1Nc1ccc(OC)cc1. The van der Waals surface area contributed by atoms with Crippen molar-refractivity contribution in [3.63, 3.8) is 0 Å². The number of esters is 1. The summed E-state index contributed by atoms with van der Waals surface area (Å²) < 4.78 is 10.2. The Kier molecular flexibility index (Phi) is 4.66. The largest absolute Gasteiger partial charge is 0.497 e. The molecule has 0 fully saturated rings. The van der Waals surface area contributed by atoms with Crippen molar-refractivity contribution < 1.29 is 14.3 Å². The highest BCUT2D eigenvalue weighted by Crippen LogP contribution is 2.28. The van der Waals surface area contributed by atoms with Gasteiger partial charge in [-0.25, -0.2) is 4.79 Å². The summed E-state index contributed by atoms with van der Waals surface area (Å²) in [4.78, 5) is 12.0. The van der Waals surface area contributed by atoms with Crippen molar-refractivity contribution in [2.24, 2.45) is 0 Å². The molecule has 5 nitrogen and oxygen atoms in total. The smallest absolute Gasteiger partial charge is 0.340 e. The van der Waals surface area contributed by atoms with Crippen LogP contribution in [0.15, 0.2) is 42.5 Å². The van der Waals surface area contributed by atoms with E-state index in [9.17, 15) is 4.79 Å². The molecular weight excluding hydrogens is 268 g/mol. The number of hydrogen-bond donors (Lipinski definition) is 2. The van der Waals surface area contributed by atoms with Crippen molar-refractivity contribution in [1.29, 1.82) is 0 Å². The molecule has 0 heterocycles. The predicted octanol–water partition coefficient (Wildman–Crippen LogP) is 3.20. The molecule has 2 rings (SSSR count). The van der Waals surface area contributed by atoms with Gasteiger partial charge in [0.2, 0.25) is 0 Å². The van der Waals surface area contributed by atoms with Gasteiger partial charge in [0.1, 0.15) is 5.75 Å². The lowest BCUT2D eigenvalue weighted by Gasteiger charge is -2.14. The van der Waals surface area contributed by atoms with Crippen LogP contribution < -0.4 is 15.8 Å². The quantitative estimate of drug-likeness (QED) is 0.652. The number of methoxy groups -OCH3 is 1. The van der Waals surface area contributed by atoms with E-state index in [1.165, 1.54) is 0 Å². The zero-order valence-electron chi connectivity index (χ0n) is 12.1. The van der Waals surface area contributed by atoms with Gasteiger partial charge in [-0.1, -0.05) is 6.07 Å². The zero-order chi connectivity index (χ0) is 15.2. The summed E-state index contributed by atoms with van der Waals surface area (Å²) in [6, 6.07) is 12.5. The number of anilines is 3. The van der Waals surface area contributed by atoms with Crippen molar-refractivity contribution in [3.8, 4) is 5.75 Å². The lowest BCUT2D eigenvalue weighted by molar-refractivity contribution is 0.0527. The first-order valence-electron chi connectivity index (χ1n) is 6.62. The Bertz CT molecular complexity index is 624. The Morgan fingerprint density at radius 3 is 2.52 bits per heavy atom. The van der Waals surface area contributed by atoms with Gasteiger partial charge >= 0.3 is 5.97 Å². The molecule has 0 aromatic heterocycles. The lowest BCUT2D eigenvalue weighted by Crippen LogP contribution is -2.09. The molecule has 2 aromatic rings. The molecule has 0 unspecified atom stereocenters. The fraction of sp³-hybridized carbons (Fsp3) is 0.188. The van der Waals surface area contributed by atoms with E-state index in [0.29, 0.717) is 23.5 Å². The van der Waals surface area contributed by atoms with Crippen molar-refractivity contribution in [3.05, 3.63) is 48.0 Å². The molecule has 5 heteroatoms. The average molecular weight is 286 g/mol. The topological polar surface area (TPSA) is 73.6 Å². The van der Waals surface area contributed by atoms with Gasteiger partial charge in [0.05, 0.1) is 30.7 Å². The normalized spacial score (nSPS) is 10.0. The van der Waals surface area contributed by atoms with Gasteiger partial charge in [-0.05, 0) is 43.3 Å². The Morgan fingerprint density at radius 2 is 1.90 bits per heavy atom. The highest BCUT2D eigenvalue weighted by atomic mass is 16.5. The van der Waals surface area contributed by atoms with E-state index in [0.717, 1.165) is 11.4 Å². The second-order valence-electron chi connectivity index (χ2n) is 4.34. The minimum atomic E-state index is -0.402. The van der Waals surface area contributed by atoms with Crippen LogP contribution in [0.5, 0.6) is 5.75 Å². The van der Waals surface area contributed by atoms with Crippen molar-refractivity contribution >= 4 is 23.0 Å². The van der Waals surface area contributed by atoms with E-state index < -0.39 is 5.97 Å². The van der Waals surface area contributed by atoms with Crippen LogP contribution in [0.1, 0.15) is 17.3 Å². The van der Waals surface area contributed by atoms with Gasteiger partial charge in [0, 0.05) is 5.69 Å². The number of nitrogen functional groups attached to an aromatic ring is 1. The maximum atomic E-state index is 12.0. The fourth-order valence-electron chi connectivity index (χ4n) is 1.91. The summed E-state index contributed by atoms with van der Waals surface area (Å²) in [5.41, 5.74) is 8.20. The number of rotatable bonds is 5. The van der Waals surface area contributed by atoms with Gasteiger partial charge in [-0.15, -0.1) is 0 Å². The van der Waals surface area contributed by atoms with Crippen molar-refractivity contribution in [2.75, 3.05) is 24.8 Å². The Balaban J connectivity index is 2.31. The third kappa shape index (κ3) is 3.45. The standard InChI is InChI=1S/C16H18N2O3/c1-3-21-16(19)13-5-4-6-14(17)15(13)18-11-7-9-12(20-2)10-8-11/h4-10,18H,3,17H2,1-2H3. The number of carbonyl (C=O) groups is 1. The molecule has 0 saturated heterocycles. The van der Waals surface area contributed by atoms with Crippen LogP contribution in [-0.4, -0.2) is 19.7 Å². The summed E-state index contributed by atoms with van der Waals surface area (Å²) in [5, 5.41) is 3.15. The van der Waals surface area contributed by atoms with Crippen LogP contribution in [0.3, 0.4) is 0 Å². The summed E-state index contributed by atoms with van der Waals surface area (Å²) in [7, 11) is 1.61. The highest BCUT2D eigenvalue weighted by molar-refractivity contribution is 5.99. The molecule has 21 heavy (non-hydrogen) atoms. The molecule has 0 aliphatic carbocycles. The number of nitrogens with two attached hydrogens (primary N) is 1. The lowest BCUT2D eigenvalue weighted by atomic mass is 10.1. The Labute approximate surface area is 123 Å². The number of carbonyl (C=O) groups excluding carboxylic acids is 1. The minimum Gasteiger partial charge on any atom is -0.497 e. The third-order valence-corrected chi connectivity index (χ3v) is 2.95. The van der Waals surface area contributed by atoms with Crippen molar-refractivity contribution in [1.82, 2.24) is 0 Å². The maximum absolute atomic E-state index is 12.0. The van der Waals surface area contributed by atoms with Gasteiger partial charge in [-0.2, -0.15) is 0 Å². The van der Waals surface area contributed by atoms with Crippen LogP contribution in [0.25, 0.3) is 0 Å². The first-order valence-corrected chi connectivity index (χ1v) is 6.62. The van der Waals surface area contributed by atoms with Crippen LogP contribution in [0, 0.1) is 0 Å². The molecule has 0 saturated carbocycles. The van der Waals surface area contributed by atoms with E-state index in [4.69, 9.17) is 15.2 Å². The third-order valence-electron chi connectivity index (χ3n) is 2.95. The Hall–Kier alpha value is -2.69. The fourth-order valence-corrected chi connectivity index (χ4v) is 1.91. The second kappa shape index (κ2) is 6.65. The molecule has 0 spiro atoms. The summed E-state index contributed by atoms with van der Waals surface area (Å²) in [6.07, 6.45) is 0. The van der Waals surface area contributed by atoms with Crippen LogP contribution in [0.4, 0.5) is 17.1 Å². The van der Waals surface area contributed by atoms with Gasteiger partial charge in [0.25, 0.3) is 0 Å². The van der Waals surface area contributed by atoms with E-state index >= 15 is 0 Å². The number of hydrogen-bond acceptors (Lipinski definition) is 5. The Morgan fingerprint density at radius 1 is 1.19 bits per heavy atom. The molecule has 110 valence electrons. The molecule has 0 aliphatic rings. The number of ether oxygens (including phenoxy) is 2. The number of nitrogens with one attached hydrogen (secondary N) is 1. The molecule has 0 radical (unpaired) electrons. The molecule has 3 N–H and O–H groups in total. The van der Waals surface area contributed by atoms with Crippen LogP contribution >= 0.6 is 0 Å².